The predicted octanol–water partition coefficient (Wildman–Crippen LogP) is -0.370. The van der Waals surface area contributed by atoms with Gasteiger partial charge in [-0.05, 0) is 25.0 Å². The van der Waals surface area contributed by atoms with E-state index in [0.29, 0.717) is 5.75 Å². The lowest BCUT2D eigenvalue weighted by Gasteiger charge is -2.21. The van der Waals surface area contributed by atoms with Crippen LogP contribution in [0.3, 0.4) is 0 Å². The van der Waals surface area contributed by atoms with Gasteiger partial charge in [0.2, 0.25) is 0 Å². The van der Waals surface area contributed by atoms with Crippen LogP contribution in [0.5, 0.6) is 0 Å². The number of fused-ring (bicyclic) bond motifs is 1. The summed E-state index contributed by atoms with van der Waals surface area (Å²) in [5.41, 5.74) is 0. The minimum absolute atomic E-state index is 0.0901. The summed E-state index contributed by atoms with van der Waals surface area (Å²) in [6, 6.07) is 0. The van der Waals surface area contributed by atoms with Gasteiger partial charge in [-0.15, -0.1) is 0 Å². The third-order valence-corrected chi connectivity index (χ3v) is 4.18. The molecule has 0 aliphatic carbocycles. The third kappa shape index (κ3) is 1.59. The van der Waals surface area contributed by atoms with Crippen LogP contribution in [-0.2, 0) is 20.6 Å². The second kappa shape index (κ2) is 3.10. The summed E-state index contributed by atoms with van der Waals surface area (Å²) in [5.74, 6) is -0.104. The Morgan fingerprint density at radius 3 is 2.85 bits per heavy atom. The van der Waals surface area contributed by atoms with E-state index in [2.05, 4.69) is 0 Å². The molecule has 0 saturated carbocycles. The highest BCUT2D eigenvalue weighted by atomic mass is 32.2. The standard InChI is InChI=1S/C8H14O4S/c1-8(2)11-5-4-13(10)6(3-9)7(5)12-8/h5-7,9H,3-4H2,1-2H3/t5-,6+,7-,13+/m0/s1. The number of hydrogen-bond acceptors (Lipinski definition) is 4. The number of rotatable bonds is 1. The molecule has 0 unspecified atom stereocenters. The van der Waals surface area contributed by atoms with Crippen LogP contribution in [0.1, 0.15) is 13.8 Å². The Balaban J connectivity index is 2.10. The average molecular weight is 206 g/mol. The zero-order valence-electron chi connectivity index (χ0n) is 7.73. The smallest absolute Gasteiger partial charge is 0.167 e. The van der Waals surface area contributed by atoms with Crippen LogP contribution >= 0.6 is 0 Å². The van der Waals surface area contributed by atoms with Gasteiger partial charge < -0.3 is 19.1 Å². The normalized spacial score (nSPS) is 48.0. The molecule has 2 fully saturated rings. The molecule has 0 aromatic heterocycles. The molecular formula is C8H14O4S. The van der Waals surface area contributed by atoms with Crippen molar-refractivity contribution in [1.29, 1.82) is 0 Å². The highest BCUT2D eigenvalue weighted by Gasteiger charge is 2.56. The summed E-state index contributed by atoms with van der Waals surface area (Å²) >= 11 is -1.00. The van der Waals surface area contributed by atoms with Gasteiger partial charge in [0.15, 0.2) is 11.0 Å². The lowest BCUT2D eigenvalue weighted by atomic mass is 10.2. The van der Waals surface area contributed by atoms with Crippen molar-refractivity contribution >= 4 is 11.2 Å². The van der Waals surface area contributed by atoms with Crippen molar-refractivity contribution in [3.63, 3.8) is 0 Å². The molecule has 2 aliphatic rings. The Bertz CT molecular complexity index is 208. The van der Waals surface area contributed by atoms with E-state index in [1.54, 1.807) is 0 Å². The van der Waals surface area contributed by atoms with Gasteiger partial charge >= 0.3 is 0 Å². The summed E-state index contributed by atoms with van der Waals surface area (Å²) in [4.78, 5) is 0. The zero-order valence-corrected chi connectivity index (χ0v) is 8.54. The maximum absolute atomic E-state index is 11.4. The van der Waals surface area contributed by atoms with Crippen molar-refractivity contribution in [2.24, 2.45) is 0 Å². The molecule has 0 bridgehead atoms. The number of aliphatic hydroxyl groups is 1. The van der Waals surface area contributed by atoms with E-state index < -0.39 is 17.0 Å². The molecule has 0 radical (unpaired) electrons. The maximum Gasteiger partial charge on any atom is 0.167 e. The molecule has 2 heterocycles. The van der Waals surface area contributed by atoms with Gasteiger partial charge in [0.1, 0.15) is 18.0 Å². The SMILES string of the molecule is CC1(C)O[C@H]2[C@H](C[S@@+]([O-])[C@@H]2CO)O1. The van der Waals surface area contributed by atoms with E-state index in [1.807, 2.05) is 13.8 Å². The van der Waals surface area contributed by atoms with E-state index in [0.717, 1.165) is 0 Å². The summed E-state index contributed by atoms with van der Waals surface area (Å²) < 4.78 is 22.5. The summed E-state index contributed by atoms with van der Waals surface area (Å²) in [5, 5.41) is 8.75. The zero-order chi connectivity index (χ0) is 9.64. The first-order valence-corrected chi connectivity index (χ1v) is 5.75. The van der Waals surface area contributed by atoms with Crippen LogP contribution in [0.2, 0.25) is 0 Å². The molecular weight excluding hydrogens is 192 g/mol. The molecule has 1 N–H and O–H groups in total. The molecule has 5 heteroatoms. The second-order valence-electron chi connectivity index (χ2n) is 3.91. The van der Waals surface area contributed by atoms with Crippen molar-refractivity contribution in [3.05, 3.63) is 0 Å². The van der Waals surface area contributed by atoms with Gasteiger partial charge in [0, 0.05) is 0 Å². The van der Waals surface area contributed by atoms with Gasteiger partial charge in [-0.1, -0.05) is 0 Å². The first kappa shape index (κ1) is 9.73. The van der Waals surface area contributed by atoms with Crippen molar-refractivity contribution < 1.29 is 19.1 Å². The van der Waals surface area contributed by atoms with Crippen LogP contribution < -0.4 is 0 Å². The van der Waals surface area contributed by atoms with Crippen LogP contribution in [0.25, 0.3) is 0 Å². The molecule has 0 aromatic carbocycles. The Kier molecular flexibility index (Phi) is 2.32. The van der Waals surface area contributed by atoms with Crippen LogP contribution in [0.4, 0.5) is 0 Å². The van der Waals surface area contributed by atoms with Gasteiger partial charge in [0.25, 0.3) is 0 Å². The quantitative estimate of drug-likeness (QED) is 0.595. The monoisotopic (exact) mass is 206 g/mol. The molecule has 13 heavy (non-hydrogen) atoms. The number of aliphatic hydroxyl groups excluding tert-OH is 1. The highest BCUT2D eigenvalue weighted by molar-refractivity contribution is 7.92. The summed E-state index contributed by atoms with van der Waals surface area (Å²) in [7, 11) is 0. The topological polar surface area (TPSA) is 61.8 Å². The van der Waals surface area contributed by atoms with Crippen LogP contribution in [0, 0.1) is 0 Å². The largest absolute Gasteiger partial charge is 0.616 e. The van der Waals surface area contributed by atoms with Gasteiger partial charge in [-0.25, -0.2) is 0 Å². The fraction of sp³-hybridized carbons (Fsp3) is 1.00. The molecule has 0 amide bonds. The van der Waals surface area contributed by atoms with E-state index in [9.17, 15) is 4.55 Å². The molecule has 0 aromatic rings. The predicted molar refractivity (Wildman–Crippen MR) is 47.7 cm³/mol. The van der Waals surface area contributed by atoms with Gasteiger partial charge in [-0.3, -0.25) is 0 Å². The molecule has 2 aliphatic heterocycles. The van der Waals surface area contributed by atoms with Crippen molar-refractivity contribution in [3.8, 4) is 0 Å². The van der Waals surface area contributed by atoms with Crippen LogP contribution in [0.15, 0.2) is 0 Å². The Morgan fingerprint density at radius 1 is 1.54 bits per heavy atom. The summed E-state index contributed by atoms with van der Waals surface area (Å²) in [6.45, 7) is 3.58. The molecule has 76 valence electrons. The number of hydrogen-bond donors (Lipinski definition) is 1. The first-order chi connectivity index (χ1) is 6.03. The minimum Gasteiger partial charge on any atom is -0.616 e. The Labute approximate surface area is 80.4 Å². The van der Waals surface area contributed by atoms with E-state index in [4.69, 9.17) is 14.6 Å². The van der Waals surface area contributed by atoms with Crippen molar-refractivity contribution in [2.45, 2.75) is 37.1 Å². The van der Waals surface area contributed by atoms with E-state index in [-0.39, 0.29) is 24.1 Å². The van der Waals surface area contributed by atoms with Gasteiger partial charge in [0.05, 0.1) is 6.61 Å². The summed E-state index contributed by atoms with van der Waals surface area (Å²) in [6.07, 6.45) is -0.297. The highest BCUT2D eigenvalue weighted by Crippen LogP contribution is 2.37. The first-order valence-electron chi connectivity index (χ1n) is 4.37. The minimum atomic E-state index is -1.00. The fourth-order valence-electron chi connectivity index (χ4n) is 1.93. The van der Waals surface area contributed by atoms with Gasteiger partial charge in [-0.2, -0.15) is 0 Å². The lowest BCUT2D eigenvalue weighted by molar-refractivity contribution is -0.146. The van der Waals surface area contributed by atoms with Crippen molar-refractivity contribution in [1.82, 2.24) is 0 Å². The van der Waals surface area contributed by atoms with E-state index in [1.165, 1.54) is 0 Å². The molecule has 2 rings (SSSR count). The molecule has 0 spiro atoms. The Hall–Kier alpha value is 0.190. The third-order valence-electron chi connectivity index (χ3n) is 2.43. The maximum atomic E-state index is 11.4. The number of ether oxygens (including phenoxy) is 2. The molecule has 2 saturated heterocycles. The molecule has 4 atom stereocenters. The van der Waals surface area contributed by atoms with E-state index >= 15 is 0 Å². The van der Waals surface area contributed by atoms with Crippen molar-refractivity contribution in [2.75, 3.05) is 12.4 Å². The van der Waals surface area contributed by atoms with Crippen LogP contribution in [-0.4, -0.2) is 45.3 Å². The molecule has 4 nitrogen and oxygen atoms in total. The average Bonchev–Trinajstić information content (AvgIpc) is 2.39. The second-order valence-corrected chi connectivity index (χ2v) is 5.61. The fourth-order valence-corrected chi connectivity index (χ4v) is 3.45. The lowest BCUT2D eigenvalue weighted by Crippen LogP contribution is -2.34. The Morgan fingerprint density at radius 2 is 2.23 bits per heavy atom.